The minimum Gasteiger partial charge on any atom is -0.454 e. The van der Waals surface area contributed by atoms with Gasteiger partial charge in [-0.05, 0) is 61.1 Å². The molecule has 27 heavy (non-hydrogen) atoms. The van der Waals surface area contributed by atoms with Gasteiger partial charge < -0.3 is 14.4 Å². The predicted octanol–water partition coefficient (Wildman–Crippen LogP) is 4.73. The van der Waals surface area contributed by atoms with Gasteiger partial charge in [0.1, 0.15) is 0 Å². The van der Waals surface area contributed by atoms with E-state index in [9.17, 15) is 4.79 Å². The Morgan fingerprint density at radius 3 is 2.89 bits per heavy atom. The molecule has 0 aromatic heterocycles. The van der Waals surface area contributed by atoms with Crippen LogP contribution < -0.4 is 9.47 Å². The summed E-state index contributed by atoms with van der Waals surface area (Å²) >= 11 is 2.09. The fourth-order valence-electron chi connectivity index (χ4n) is 4.57. The second-order valence-electron chi connectivity index (χ2n) is 8.02. The molecule has 1 aliphatic carbocycles. The van der Waals surface area contributed by atoms with Crippen molar-refractivity contribution in [2.24, 2.45) is 5.41 Å². The molecule has 1 saturated carbocycles. The van der Waals surface area contributed by atoms with Gasteiger partial charge in [-0.15, -0.1) is 0 Å². The van der Waals surface area contributed by atoms with Crippen LogP contribution in [0.2, 0.25) is 0 Å². The second kappa shape index (κ2) is 8.17. The summed E-state index contributed by atoms with van der Waals surface area (Å²) in [5, 5.41) is 0.589. The molecule has 3 aliphatic rings. The molecule has 1 spiro atoms. The van der Waals surface area contributed by atoms with Gasteiger partial charge in [0.05, 0.1) is 0 Å². The molecule has 1 unspecified atom stereocenters. The van der Waals surface area contributed by atoms with Gasteiger partial charge >= 0.3 is 0 Å². The Kier molecular flexibility index (Phi) is 5.67. The summed E-state index contributed by atoms with van der Waals surface area (Å²) in [5.74, 6) is 2.90. The van der Waals surface area contributed by atoms with Gasteiger partial charge in [-0.25, -0.2) is 0 Å². The summed E-state index contributed by atoms with van der Waals surface area (Å²) in [6, 6.07) is 5.76. The van der Waals surface area contributed by atoms with Gasteiger partial charge in [-0.3, -0.25) is 4.79 Å². The molecule has 5 heteroatoms. The lowest BCUT2D eigenvalue weighted by molar-refractivity contribution is -0.125. The maximum Gasteiger partial charge on any atom is 0.246 e. The molecular formula is C22H29NO3S. The fourth-order valence-corrected chi connectivity index (χ4v) is 6.33. The first-order valence-corrected chi connectivity index (χ1v) is 11.2. The topological polar surface area (TPSA) is 38.8 Å². The summed E-state index contributed by atoms with van der Waals surface area (Å²) in [6.07, 6.45) is 11.8. The van der Waals surface area contributed by atoms with Gasteiger partial charge in [-0.2, -0.15) is 11.8 Å². The second-order valence-corrected chi connectivity index (χ2v) is 9.31. The standard InChI is InChI=1S/C22H29NO3S/c1-2-23(14-18-13-22(15-27-18)10-4-3-5-11-22)21(24)9-7-17-6-8-19-20(12-17)26-16-25-19/h6-9,12,18H,2-5,10-11,13-16H2,1H3/b9-7+. The van der Waals surface area contributed by atoms with Gasteiger partial charge in [0.2, 0.25) is 12.7 Å². The van der Waals surface area contributed by atoms with Crippen LogP contribution in [0.15, 0.2) is 24.3 Å². The first-order chi connectivity index (χ1) is 13.2. The molecule has 1 atom stereocenters. The van der Waals surface area contributed by atoms with Crippen LogP contribution in [-0.2, 0) is 4.79 Å². The molecule has 1 amide bonds. The number of likely N-dealkylation sites (N-methyl/N-ethyl adjacent to an activating group) is 1. The number of nitrogens with zero attached hydrogens (tertiary/aromatic N) is 1. The first kappa shape index (κ1) is 18.7. The number of rotatable bonds is 5. The molecule has 1 aromatic carbocycles. The quantitative estimate of drug-likeness (QED) is 0.685. The van der Waals surface area contributed by atoms with E-state index in [1.165, 1.54) is 44.3 Å². The highest BCUT2D eigenvalue weighted by Crippen LogP contribution is 2.50. The lowest BCUT2D eigenvalue weighted by Crippen LogP contribution is -2.35. The Morgan fingerprint density at radius 2 is 2.07 bits per heavy atom. The third kappa shape index (κ3) is 4.29. The third-order valence-corrected chi connectivity index (χ3v) is 7.70. The first-order valence-electron chi connectivity index (χ1n) is 10.2. The average Bonchev–Trinajstić information content (AvgIpc) is 3.31. The van der Waals surface area contributed by atoms with Crippen LogP contribution in [0.5, 0.6) is 11.5 Å². The number of carbonyl (C=O) groups excluding carboxylic acids is 1. The highest BCUT2D eigenvalue weighted by Gasteiger charge is 2.40. The van der Waals surface area contributed by atoms with E-state index in [0.717, 1.165) is 30.2 Å². The van der Waals surface area contributed by atoms with Crippen LogP contribution in [-0.4, -0.2) is 41.7 Å². The van der Waals surface area contributed by atoms with Gasteiger partial charge in [-0.1, -0.05) is 25.3 Å². The van der Waals surface area contributed by atoms with Crippen molar-refractivity contribution in [3.63, 3.8) is 0 Å². The molecule has 0 N–H and O–H groups in total. The van der Waals surface area contributed by atoms with Crippen LogP contribution in [0.3, 0.4) is 0 Å². The summed E-state index contributed by atoms with van der Waals surface area (Å²) in [4.78, 5) is 14.7. The smallest absolute Gasteiger partial charge is 0.246 e. The molecule has 4 rings (SSSR count). The predicted molar refractivity (Wildman–Crippen MR) is 110 cm³/mol. The van der Waals surface area contributed by atoms with E-state index >= 15 is 0 Å². The molecule has 0 bridgehead atoms. The molecule has 4 nitrogen and oxygen atoms in total. The van der Waals surface area contributed by atoms with E-state index in [-0.39, 0.29) is 12.7 Å². The number of thioether (sulfide) groups is 1. The average molecular weight is 388 g/mol. The van der Waals surface area contributed by atoms with Crippen LogP contribution in [0.25, 0.3) is 6.08 Å². The van der Waals surface area contributed by atoms with Crippen molar-refractivity contribution in [2.45, 2.75) is 50.7 Å². The number of carbonyl (C=O) groups is 1. The van der Waals surface area contributed by atoms with Crippen molar-refractivity contribution in [3.05, 3.63) is 29.8 Å². The lowest BCUT2D eigenvalue weighted by Gasteiger charge is -2.33. The van der Waals surface area contributed by atoms with Crippen molar-refractivity contribution in [3.8, 4) is 11.5 Å². The van der Waals surface area contributed by atoms with Gasteiger partial charge in [0.25, 0.3) is 0 Å². The summed E-state index contributed by atoms with van der Waals surface area (Å²) in [7, 11) is 0. The lowest BCUT2D eigenvalue weighted by atomic mass is 9.73. The van der Waals surface area contributed by atoms with E-state index in [4.69, 9.17) is 9.47 Å². The molecule has 1 saturated heterocycles. The van der Waals surface area contributed by atoms with Crippen molar-refractivity contribution in [1.29, 1.82) is 0 Å². The van der Waals surface area contributed by atoms with E-state index < -0.39 is 0 Å². The normalized spacial score (nSPS) is 23.2. The zero-order chi connectivity index (χ0) is 18.7. The SMILES string of the molecule is CCN(CC1CC2(CCCCC2)CS1)C(=O)/C=C/c1ccc2c(c1)OCO2. The van der Waals surface area contributed by atoms with Crippen molar-refractivity contribution in [2.75, 3.05) is 25.6 Å². The molecule has 2 heterocycles. The summed E-state index contributed by atoms with van der Waals surface area (Å²) < 4.78 is 10.7. The Bertz CT molecular complexity index is 712. The Morgan fingerprint density at radius 1 is 1.26 bits per heavy atom. The fraction of sp³-hybridized carbons (Fsp3) is 0.591. The molecule has 2 fully saturated rings. The van der Waals surface area contributed by atoms with E-state index in [1.54, 1.807) is 6.08 Å². The van der Waals surface area contributed by atoms with Gasteiger partial charge in [0.15, 0.2) is 11.5 Å². The molecular weight excluding hydrogens is 358 g/mol. The van der Waals surface area contributed by atoms with Gasteiger partial charge in [0, 0.05) is 24.4 Å². The van der Waals surface area contributed by atoms with Crippen molar-refractivity contribution in [1.82, 2.24) is 4.90 Å². The van der Waals surface area contributed by atoms with Crippen molar-refractivity contribution >= 4 is 23.7 Å². The van der Waals surface area contributed by atoms with E-state index in [1.807, 2.05) is 29.2 Å². The van der Waals surface area contributed by atoms with Crippen LogP contribution >= 0.6 is 11.8 Å². The Labute approximate surface area is 166 Å². The Balaban J connectivity index is 1.34. The van der Waals surface area contributed by atoms with E-state index in [0.29, 0.717) is 10.7 Å². The number of amides is 1. The zero-order valence-electron chi connectivity index (χ0n) is 16.1. The minimum atomic E-state index is 0.0976. The molecule has 2 aliphatic heterocycles. The molecule has 1 aromatic rings. The highest BCUT2D eigenvalue weighted by atomic mass is 32.2. The van der Waals surface area contributed by atoms with Crippen LogP contribution in [0, 0.1) is 5.41 Å². The summed E-state index contributed by atoms with van der Waals surface area (Å²) in [5.41, 5.74) is 1.53. The zero-order valence-corrected chi connectivity index (χ0v) is 16.9. The number of fused-ring (bicyclic) bond motifs is 1. The molecule has 146 valence electrons. The maximum absolute atomic E-state index is 12.7. The number of benzene rings is 1. The van der Waals surface area contributed by atoms with Crippen LogP contribution in [0.1, 0.15) is 51.0 Å². The summed E-state index contributed by atoms with van der Waals surface area (Å²) in [6.45, 7) is 3.97. The van der Waals surface area contributed by atoms with Crippen LogP contribution in [0.4, 0.5) is 0 Å². The largest absolute Gasteiger partial charge is 0.454 e. The van der Waals surface area contributed by atoms with Crippen molar-refractivity contribution < 1.29 is 14.3 Å². The van der Waals surface area contributed by atoms with E-state index in [2.05, 4.69) is 18.7 Å². The number of hydrogen-bond acceptors (Lipinski definition) is 4. The monoisotopic (exact) mass is 387 g/mol. The molecule has 0 radical (unpaired) electrons. The number of ether oxygens (including phenoxy) is 2. The number of hydrogen-bond donors (Lipinski definition) is 0. The third-order valence-electron chi connectivity index (χ3n) is 6.13. The maximum atomic E-state index is 12.7. The minimum absolute atomic E-state index is 0.0976. The Hall–Kier alpha value is -1.62. The highest BCUT2D eigenvalue weighted by molar-refractivity contribution is 8.00.